The van der Waals surface area contributed by atoms with Gasteiger partial charge in [-0.2, -0.15) is 29.9 Å². The number of piperidine rings is 2. The van der Waals surface area contributed by atoms with Gasteiger partial charge in [0.1, 0.15) is 11.5 Å². The molecule has 8 rings (SSSR count). The fraction of sp³-hybridized carbons (Fsp3) is 0.400. The number of anilines is 8. The Bertz CT molecular complexity index is 2260. The molecule has 19 nitrogen and oxygen atoms in total. The second kappa shape index (κ2) is 19.1. The van der Waals surface area contributed by atoms with Crippen LogP contribution in [0.4, 0.5) is 47.1 Å². The number of rotatable bonds is 13. The SMILES string of the molecule is CCC1CCCCN1c1nc(NC)nc(Nc2ccc(-c3cnco3)c(OC)c2)n1.CNc1nc(Nc2ccc(-c3cnco3)c(OC)c2)nc(N2CCC[C@@H](O)C2)n1. The summed E-state index contributed by atoms with van der Waals surface area (Å²) in [7, 11) is 6.79. The average molecular weight is 807 g/mol. The van der Waals surface area contributed by atoms with Crippen LogP contribution in [0.1, 0.15) is 45.4 Å². The summed E-state index contributed by atoms with van der Waals surface area (Å²) in [6.45, 7) is 4.48. The van der Waals surface area contributed by atoms with Gasteiger partial charge in [0.05, 0.1) is 43.8 Å². The first kappa shape index (κ1) is 40.4. The molecule has 0 aliphatic carbocycles. The van der Waals surface area contributed by atoms with Crippen LogP contribution in [0, 0.1) is 0 Å². The molecular weight excluding hydrogens is 757 g/mol. The van der Waals surface area contributed by atoms with Crippen molar-refractivity contribution in [3.63, 3.8) is 0 Å². The van der Waals surface area contributed by atoms with Crippen molar-refractivity contribution in [3.05, 3.63) is 61.6 Å². The number of β-amino-alcohol motifs (C(OH)–C–C–N with tert-alkyl or cyclic N) is 1. The minimum Gasteiger partial charge on any atom is -0.496 e. The van der Waals surface area contributed by atoms with Crippen LogP contribution >= 0.6 is 0 Å². The van der Waals surface area contributed by atoms with E-state index in [-0.39, 0.29) is 6.10 Å². The minimum absolute atomic E-state index is 0.372. The van der Waals surface area contributed by atoms with Crippen molar-refractivity contribution in [2.75, 3.05) is 79.0 Å². The number of aromatic nitrogens is 8. The van der Waals surface area contributed by atoms with Gasteiger partial charge in [-0.25, -0.2) is 9.97 Å². The molecule has 1 unspecified atom stereocenters. The molecule has 2 saturated heterocycles. The van der Waals surface area contributed by atoms with Gasteiger partial charge in [0.15, 0.2) is 24.3 Å². The second-order valence-corrected chi connectivity index (χ2v) is 13.9. The molecule has 0 bridgehead atoms. The second-order valence-electron chi connectivity index (χ2n) is 13.9. The maximum absolute atomic E-state index is 9.96. The molecule has 5 N–H and O–H groups in total. The Hall–Kier alpha value is -6.76. The number of oxazole rings is 2. The summed E-state index contributed by atoms with van der Waals surface area (Å²) in [5.74, 6) is 5.66. The van der Waals surface area contributed by atoms with Gasteiger partial charge < -0.3 is 54.5 Å². The number of hydrogen-bond donors (Lipinski definition) is 5. The predicted molar refractivity (Wildman–Crippen MR) is 225 cm³/mol. The van der Waals surface area contributed by atoms with E-state index < -0.39 is 0 Å². The first-order chi connectivity index (χ1) is 28.9. The third-order valence-corrected chi connectivity index (χ3v) is 10.0. The number of nitrogens with zero attached hydrogens (tertiary/aromatic N) is 10. The summed E-state index contributed by atoms with van der Waals surface area (Å²) < 4.78 is 21.8. The lowest BCUT2D eigenvalue weighted by Crippen LogP contribution is -2.40. The van der Waals surface area contributed by atoms with Gasteiger partial charge >= 0.3 is 0 Å². The molecule has 4 aromatic heterocycles. The van der Waals surface area contributed by atoms with Crippen molar-refractivity contribution >= 4 is 47.1 Å². The third-order valence-electron chi connectivity index (χ3n) is 10.0. The van der Waals surface area contributed by atoms with E-state index in [2.05, 4.69) is 68.0 Å². The molecule has 2 aromatic carbocycles. The number of nitrogens with one attached hydrogen (secondary N) is 4. The van der Waals surface area contributed by atoms with Crippen molar-refractivity contribution in [2.24, 2.45) is 0 Å². The number of methoxy groups -OCH3 is 2. The maximum Gasteiger partial charge on any atom is 0.233 e. The van der Waals surface area contributed by atoms with Crippen molar-refractivity contribution in [2.45, 2.75) is 57.6 Å². The van der Waals surface area contributed by atoms with Gasteiger partial charge in [-0.1, -0.05) is 6.92 Å². The fourth-order valence-electron chi connectivity index (χ4n) is 7.06. The summed E-state index contributed by atoms with van der Waals surface area (Å²) in [5, 5.41) is 22.4. The normalized spacial score (nSPS) is 16.4. The van der Waals surface area contributed by atoms with Crippen molar-refractivity contribution in [1.29, 1.82) is 0 Å². The molecule has 2 atom stereocenters. The highest BCUT2D eigenvalue weighted by atomic mass is 16.5. The fourth-order valence-corrected chi connectivity index (χ4v) is 7.06. The smallest absolute Gasteiger partial charge is 0.233 e. The molecule has 310 valence electrons. The molecule has 2 aliphatic heterocycles. The Morgan fingerprint density at radius 3 is 1.76 bits per heavy atom. The molecule has 0 amide bonds. The van der Waals surface area contributed by atoms with Gasteiger partial charge in [0, 0.05) is 63.3 Å². The maximum atomic E-state index is 9.96. The van der Waals surface area contributed by atoms with Crippen LogP contribution in [0.5, 0.6) is 11.5 Å². The van der Waals surface area contributed by atoms with E-state index in [1.54, 1.807) is 33.7 Å². The highest BCUT2D eigenvalue weighted by Gasteiger charge is 2.25. The molecule has 0 saturated carbocycles. The summed E-state index contributed by atoms with van der Waals surface area (Å²) in [6, 6.07) is 11.8. The van der Waals surface area contributed by atoms with Crippen molar-refractivity contribution < 1.29 is 23.4 Å². The number of ether oxygens (including phenoxy) is 2. The van der Waals surface area contributed by atoms with E-state index >= 15 is 0 Å². The van der Waals surface area contributed by atoms with Crippen LogP contribution in [0.25, 0.3) is 22.6 Å². The first-order valence-corrected chi connectivity index (χ1v) is 19.6. The average Bonchev–Trinajstić information content (AvgIpc) is 4.03. The number of aliphatic hydroxyl groups is 1. The number of benzene rings is 2. The lowest BCUT2D eigenvalue weighted by atomic mass is 10.0. The van der Waals surface area contributed by atoms with Crippen LogP contribution in [-0.2, 0) is 0 Å². The summed E-state index contributed by atoms with van der Waals surface area (Å²) in [5.41, 5.74) is 3.18. The Labute approximate surface area is 342 Å². The Morgan fingerprint density at radius 1 is 0.695 bits per heavy atom. The lowest BCUT2D eigenvalue weighted by molar-refractivity contribution is 0.153. The first-order valence-electron chi connectivity index (χ1n) is 19.6. The zero-order valence-electron chi connectivity index (χ0n) is 33.8. The van der Waals surface area contributed by atoms with E-state index in [0.29, 0.717) is 71.3 Å². The van der Waals surface area contributed by atoms with Crippen molar-refractivity contribution in [3.8, 4) is 34.1 Å². The number of aliphatic hydroxyl groups excluding tert-OH is 1. The Balaban J connectivity index is 0.000000179. The van der Waals surface area contributed by atoms with Gasteiger partial charge in [-0.3, -0.25) is 0 Å². The molecule has 0 radical (unpaired) electrons. The topological polar surface area (TPSA) is 223 Å². The standard InChI is InChI=1S/C21H27N7O2.C19H23N7O3/c1-4-15-7-5-6-10-28(15)21-26-19(22-2)25-20(27-21)24-14-8-9-16(17(11-14)29-3)18-12-23-13-30-18;1-20-17-23-18(25-19(24-17)26-7-3-4-13(27)10-26)22-12-5-6-14(15(8-12)28-2)16-9-21-11-29-16/h8-9,11-13,15H,4-7,10H2,1-3H3,(H2,22,24,25,26,27);5-6,8-9,11,13,27H,3-4,7,10H2,1-2H3,(H2,20,22,23,24,25)/t;13-/m.1/s1. The molecule has 59 heavy (non-hydrogen) atoms. The van der Waals surface area contributed by atoms with E-state index in [1.807, 2.05) is 48.3 Å². The molecule has 6 heterocycles. The van der Waals surface area contributed by atoms with Gasteiger partial charge in [0.25, 0.3) is 0 Å². The summed E-state index contributed by atoms with van der Waals surface area (Å²) in [6.07, 6.45) is 12.0. The van der Waals surface area contributed by atoms with Crippen LogP contribution in [0.15, 0.2) is 70.4 Å². The van der Waals surface area contributed by atoms with Crippen LogP contribution in [-0.4, -0.2) is 105 Å². The van der Waals surface area contributed by atoms with Crippen LogP contribution in [0.2, 0.25) is 0 Å². The molecule has 6 aromatic rings. The highest BCUT2D eigenvalue weighted by molar-refractivity contribution is 5.72. The van der Waals surface area contributed by atoms with Crippen LogP contribution in [0.3, 0.4) is 0 Å². The third kappa shape index (κ3) is 9.86. The number of hydrogen-bond acceptors (Lipinski definition) is 19. The molecule has 2 aliphatic rings. The zero-order valence-corrected chi connectivity index (χ0v) is 33.8. The summed E-state index contributed by atoms with van der Waals surface area (Å²) in [4.78, 5) is 39.3. The largest absolute Gasteiger partial charge is 0.496 e. The van der Waals surface area contributed by atoms with Crippen LogP contribution < -0.4 is 40.5 Å². The van der Waals surface area contributed by atoms with E-state index in [4.69, 9.17) is 23.3 Å². The van der Waals surface area contributed by atoms with Crippen molar-refractivity contribution in [1.82, 2.24) is 39.9 Å². The molecular formula is C40H50N14O5. The predicted octanol–water partition coefficient (Wildman–Crippen LogP) is 6.37. The quantitative estimate of drug-likeness (QED) is 0.0855. The minimum atomic E-state index is -0.372. The molecule has 2 fully saturated rings. The monoisotopic (exact) mass is 806 g/mol. The Morgan fingerprint density at radius 2 is 1.25 bits per heavy atom. The van der Waals surface area contributed by atoms with E-state index in [0.717, 1.165) is 61.3 Å². The van der Waals surface area contributed by atoms with Gasteiger partial charge in [0.2, 0.25) is 35.7 Å². The lowest BCUT2D eigenvalue weighted by Gasteiger charge is -2.35. The van der Waals surface area contributed by atoms with E-state index in [9.17, 15) is 5.11 Å². The Kier molecular flexibility index (Phi) is 13.1. The zero-order chi connectivity index (χ0) is 41.1. The summed E-state index contributed by atoms with van der Waals surface area (Å²) >= 11 is 0. The molecule has 19 heteroatoms. The molecule has 0 spiro atoms. The highest BCUT2D eigenvalue weighted by Crippen LogP contribution is 2.35. The van der Waals surface area contributed by atoms with E-state index in [1.165, 1.54) is 25.6 Å². The van der Waals surface area contributed by atoms with Gasteiger partial charge in [-0.05, 0) is 62.8 Å². The van der Waals surface area contributed by atoms with Gasteiger partial charge in [-0.15, -0.1) is 0 Å².